The zero-order valence-corrected chi connectivity index (χ0v) is 19.9. The highest BCUT2D eigenvalue weighted by Crippen LogP contribution is 2.44. The lowest BCUT2D eigenvalue weighted by Gasteiger charge is -2.37. The minimum atomic E-state index is -0.894. The van der Waals surface area contributed by atoms with Gasteiger partial charge in [-0.25, -0.2) is 4.79 Å². The van der Waals surface area contributed by atoms with Crippen molar-refractivity contribution < 1.29 is 24.2 Å². The molecule has 180 valence electrons. The molecule has 2 aromatic carbocycles. The predicted molar refractivity (Wildman–Crippen MR) is 128 cm³/mol. The monoisotopic (exact) mass is 464 g/mol. The maximum atomic E-state index is 13.3. The molecule has 2 atom stereocenters. The van der Waals surface area contributed by atoms with Crippen LogP contribution in [0.3, 0.4) is 0 Å². The van der Waals surface area contributed by atoms with Gasteiger partial charge in [-0.15, -0.1) is 0 Å². The lowest BCUT2D eigenvalue weighted by Crippen LogP contribution is -2.57. The summed E-state index contributed by atoms with van der Waals surface area (Å²) in [7, 11) is 0. The topological polar surface area (TPSA) is 95.9 Å². The van der Waals surface area contributed by atoms with Crippen molar-refractivity contribution in [2.45, 2.75) is 45.6 Å². The number of carbonyl (C=O) groups is 3. The molecular formula is C27H32N2O5. The normalized spacial score (nSPS) is 18.6. The van der Waals surface area contributed by atoms with Crippen molar-refractivity contribution in [3.8, 4) is 11.1 Å². The highest BCUT2D eigenvalue weighted by atomic mass is 16.5. The highest BCUT2D eigenvalue weighted by Gasteiger charge is 2.39. The summed E-state index contributed by atoms with van der Waals surface area (Å²) < 4.78 is 5.65. The molecular weight excluding hydrogens is 432 g/mol. The molecule has 34 heavy (non-hydrogen) atoms. The number of ether oxygens (including phenoxy) is 1. The van der Waals surface area contributed by atoms with Gasteiger partial charge in [-0.1, -0.05) is 69.3 Å². The van der Waals surface area contributed by atoms with Crippen LogP contribution < -0.4 is 5.32 Å². The molecule has 0 spiro atoms. The van der Waals surface area contributed by atoms with Crippen LogP contribution in [0.1, 0.15) is 50.7 Å². The summed E-state index contributed by atoms with van der Waals surface area (Å²) in [6.07, 6.45) is 0.533. The molecule has 7 heteroatoms. The molecule has 1 saturated heterocycles. The van der Waals surface area contributed by atoms with Crippen LogP contribution in [0, 0.1) is 11.3 Å². The summed E-state index contributed by atoms with van der Waals surface area (Å²) in [5.74, 6) is -1.81. The summed E-state index contributed by atoms with van der Waals surface area (Å²) in [6.45, 7) is 6.43. The molecule has 1 aliphatic carbocycles. The number of carboxylic acid groups (broad SMARTS) is 1. The Morgan fingerprint density at radius 3 is 2.21 bits per heavy atom. The van der Waals surface area contributed by atoms with Crippen LogP contribution in [-0.2, 0) is 14.3 Å². The summed E-state index contributed by atoms with van der Waals surface area (Å²) in [5, 5.41) is 12.1. The summed E-state index contributed by atoms with van der Waals surface area (Å²) in [5.41, 5.74) is 3.96. The first-order chi connectivity index (χ1) is 16.2. The van der Waals surface area contributed by atoms with E-state index in [-0.39, 0.29) is 25.0 Å². The van der Waals surface area contributed by atoms with Crippen molar-refractivity contribution in [1.82, 2.24) is 10.2 Å². The second-order valence-electron chi connectivity index (χ2n) is 10.2. The van der Waals surface area contributed by atoms with Gasteiger partial charge >= 0.3 is 12.1 Å². The van der Waals surface area contributed by atoms with Gasteiger partial charge in [0.1, 0.15) is 12.6 Å². The van der Waals surface area contributed by atoms with E-state index in [9.17, 15) is 19.5 Å². The molecule has 2 aliphatic rings. The molecule has 0 radical (unpaired) electrons. The Morgan fingerprint density at radius 2 is 1.65 bits per heavy atom. The number of carboxylic acids is 1. The molecule has 1 unspecified atom stereocenters. The predicted octanol–water partition coefficient (Wildman–Crippen LogP) is 4.26. The fraction of sp³-hybridized carbons (Fsp3) is 0.444. The van der Waals surface area contributed by atoms with Crippen molar-refractivity contribution >= 4 is 18.0 Å². The fourth-order valence-corrected chi connectivity index (χ4v) is 4.97. The third-order valence-electron chi connectivity index (χ3n) is 6.80. The largest absolute Gasteiger partial charge is 0.481 e. The van der Waals surface area contributed by atoms with E-state index in [1.807, 2.05) is 45.0 Å². The van der Waals surface area contributed by atoms with Gasteiger partial charge in [-0.2, -0.15) is 0 Å². The first kappa shape index (κ1) is 23.8. The Morgan fingerprint density at radius 1 is 1.06 bits per heavy atom. The quantitative estimate of drug-likeness (QED) is 0.689. The summed E-state index contributed by atoms with van der Waals surface area (Å²) in [4.78, 5) is 39.1. The number of nitrogens with zero attached hydrogens (tertiary/aromatic N) is 1. The number of benzene rings is 2. The molecule has 4 rings (SSSR count). The fourth-order valence-electron chi connectivity index (χ4n) is 4.97. The maximum absolute atomic E-state index is 13.3. The van der Waals surface area contributed by atoms with E-state index < -0.39 is 29.4 Å². The molecule has 2 N–H and O–H groups in total. The third kappa shape index (κ3) is 4.79. The van der Waals surface area contributed by atoms with E-state index in [1.54, 1.807) is 4.90 Å². The van der Waals surface area contributed by atoms with Crippen molar-refractivity contribution in [2.75, 3.05) is 19.7 Å². The number of hydrogen-bond donors (Lipinski definition) is 2. The van der Waals surface area contributed by atoms with E-state index in [2.05, 4.69) is 29.6 Å². The minimum Gasteiger partial charge on any atom is -0.481 e. The number of alkyl carbamates (subject to hydrolysis) is 1. The number of amides is 2. The Bertz CT molecular complexity index is 1040. The SMILES string of the molecule is CC(C)(C)[C@H](NC(=O)OCC1c2ccccc2-c2ccccc21)C(=O)N1CCCC(C(=O)O)C1. The van der Waals surface area contributed by atoms with E-state index in [1.165, 1.54) is 0 Å². The van der Waals surface area contributed by atoms with E-state index in [0.29, 0.717) is 19.4 Å². The number of piperidine rings is 1. The van der Waals surface area contributed by atoms with Gasteiger partial charge in [-0.05, 0) is 40.5 Å². The van der Waals surface area contributed by atoms with Gasteiger partial charge in [0.25, 0.3) is 0 Å². The lowest BCUT2D eigenvalue weighted by molar-refractivity contribution is -0.147. The van der Waals surface area contributed by atoms with Gasteiger partial charge in [0.15, 0.2) is 0 Å². The molecule has 0 aromatic heterocycles. The molecule has 1 fully saturated rings. The minimum absolute atomic E-state index is 0.0691. The van der Waals surface area contributed by atoms with Crippen LogP contribution in [0.25, 0.3) is 11.1 Å². The van der Waals surface area contributed by atoms with Crippen LogP contribution in [0.2, 0.25) is 0 Å². The van der Waals surface area contributed by atoms with Crippen LogP contribution in [0.5, 0.6) is 0 Å². The Balaban J connectivity index is 1.44. The van der Waals surface area contributed by atoms with Crippen LogP contribution in [0.4, 0.5) is 4.79 Å². The zero-order chi connectivity index (χ0) is 24.5. The third-order valence-corrected chi connectivity index (χ3v) is 6.80. The molecule has 2 aromatic rings. The summed E-state index contributed by atoms with van der Waals surface area (Å²) >= 11 is 0. The zero-order valence-electron chi connectivity index (χ0n) is 19.9. The highest BCUT2D eigenvalue weighted by molar-refractivity contribution is 5.87. The second kappa shape index (κ2) is 9.49. The number of hydrogen-bond acceptors (Lipinski definition) is 4. The van der Waals surface area contributed by atoms with E-state index in [0.717, 1.165) is 22.3 Å². The number of likely N-dealkylation sites (tertiary alicyclic amines) is 1. The first-order valence-electron chi connectivity index (χ1n) is 11.8. The number of rotatable bonds is 5. The molecule has 7 nitrogen and oxygen atoms in total. The Hall–Kier alpha value is -3.35. The number of carbonyl (C=O) groups excluding carboxylic acids is 2. The summed E-state index contributed by atoms with van der Waals surface area (Å²) in [6, 6.07) is 15.4. The van der Waals surface area contributed by atoms with Gasteiger partial charge < -0.3 is 20.1 Å². The van der Waals surface area contributed by atoms with Gasteiger partial charge in [0, 0.05) is 19.0 Å². The van der Waals surface area contributed by atoms with Crippen molar-refractivity contribution in [1.29, 1.82) is 0 Å². The van der Waals surface area contributed by atoms with Crippen LogP contribution in [0.15, 0.2) is 48.5 Å². The Kier molecular flexibility index (Phi) is 6.64. The smallest absolute Gasteiger partial charge is 0.407 e. The average molecular weight is 465 g/mol. The average Bonchev–Trinajstić information content (AvgIpc) is 3.14. The van der Waals surface area contributed by atoms with Gasteiger partial charge in [0.05, 0.1) is 5.92 Å². The Labute approximate surface area is 200 Å². The number of fused-ring (bicyclic) bond motifs is 3. The lowest BCUT2D eigenvalue weighted by atomic mass is 9.85. The molecule has 0 saturated carbocycles. The van der Waals surface area contributed by atoms with Crippen molar-refractivity contribution in [3.63, 3.8) is 0 Å². The van der Waals surface area contributed by atoms with E-state index >= 15 is 0 Å². The van der Waals surface area contributed by atoms with Gasteiger partial charge in [0.2, 0.25) is 5.91 Å². The maximum Gasteiger partial charge on any atom is 0.407 e. The molecule has 1 aliphatic heterocycles. The van der Waals surface area contributed by atoms with E-state index in [4.69, 9.17) is 4.74 Å². The number of aliphatic carboxylic acids is 1. The molecule has 2 amide bonds. The first-order valence-corrected chi connectivity index (χ1v) is 11.8. The standard InChI is InChI=1S/C27H32N2O5/c1-27(2,3)23(24(30)29-14-8-9-17(15-29)25(31)32)28-26(33)34-16-22-20-12-6-4-10-18(20)19-11-5-7-13-21(19)22/h4-7,10-13,17,22-23H,8-9,14-16H2,1-3H3,(H,28,33)(H,31,32)/t17?,23-/m1/s1. The molecule has 0 bridgehead atoms. The van der Waals surface area contributed by atoms with Crippen molar-refractivity contribution in [2.24, 2.45) is 11.3 Å². The second-order valence-corrected chi connectivity index (χ2v) is 10.2. The van der Waals surface area contributed by atoms with Crippen LogP contribution in [-0.4, -0.2) is 53.7 Å². The van der Waals surface area contributed by atoms with Crippen LogP contribution >= 0.6 is 0 Å². The van der Waals surface area contributed by atoms with Gasteiger partial charge in [-0.3, -0.25) is 9.59 Å². The number of nitrogens with one attached hydrogen (secondary N) is 1. The van der Waals surface area contributed by atoms with Crippen molar-refractivity contribution in [3.05, 3.63) is 59.7 Å². The molecule has 1 heterocycles.